The Balaban J connectivity index is 2.54. The molecule has 5 heteroatoms. The number of aromatic nitrogens is 4. The fraction of sp³-hybridized carbons (Fsp3) is 0.500. The minimum Gasteiger partial charge on any atom is -0.370 e. The lowest BCUT2D eigenvalue weighted by Gasteiger charge is -2.09. The number of nitrogens with zero attached hydrogens (tertiary/aromatic N) is 4. The van der Waals surface area contributed by atoms with Crippen LogP contribution in [0.5, 0.6) is 0 Å². The topological polar surface area (TPSA) is 55.6 Å². The zero-order chi connectivity index (χ0) is 14.0. The predicted octanol–water partition coefficient (Wildman–Crippen LogP) is 2.58. The van der Waals surface area contributed by atoms with Crippen molar-refractivity contribution in [2.75, 3.05) is 11.9 Å². The zero-order valence-corrected chi connectivity index (χ0v) is 12.3. The summed E-state index contributed by atoms with van der Waals surface area (Å²) in [7, 11) is 0. The van der Waals surface area contributed by atoms with Crippen molar-refractivity contribution < 1.29 is 0 Å². The van der Waals surface area contributed by atoms with E-state index in [2.05, 4.69) is 48.1 Å². The van der Waals surface area contributed by atoms with Crippen LogP contribution in [0.2, 0.25) is 0 Å². The number of rotatable bonds is 4. The molecule has 0 fully saturated rings. The van der Waals surface area contributed by atoms with Crippen LogP contribution >= 0.6 is 0 Å². The molecule has 0 spiro atoms. The number of hydrogen-bond acceptors (Lipinski definition) is 4. The van der Waals surface area contributed by atoms with Gasteiger partial charge >= 0.3 is 0 Å². The second kappa shape index (κ2) is 5.38. The highest BCUT2D eigenvalue weighted by Gasteiger charge is 2.12. The Labute approximate surface area is 114 Å². The molecule has 0 aliphatic carbocycles. The average molecular weight is 259 g/mol. The molecule has 19 heavy (non-hydrogen) atoms. The average Bonchev–Trinajstić information content (AvgIpc) is 2.66. The van der Waals surface area contributed by atoms with E-state index < -0.39 is 0 Å². The van der Waals surface area contributed by atoms with Crippen LogP contribution in [-0.4, -0.2) is 26.3 Å². The van der Waals surface area contributed by atoms with Crippen LogP contribution in [-0.2, 0) is 6.42 Å². The van der Waals surface area contributed by atoms with Gasteiger partial charge in [0.2, 0.25) is 0 Å². The molecule has 2 rings (SSSR count). The molecule has 0 atom stereocenters. The quantitative estimate of drug-likeness (QED) is 0.917. The number of hydrogen-bond donors (Lipinski definition) is 1. The first-order chi connectivity index (χ1) is 9.06. The molecule has 2 aromatic heterocycles. The van der Waals surface area contributed by atoms with Crippen LogP contribution in [0, 0.1) is 20.8 Å². The van der Waals surface area contributed by atoms with Crippen molar-refractivity contribution in [2.24, 2.45) is 0 Å². The molecule has 0 saturated carbocycles. The molecule has 5 nitrogen and oxygen atoms in total. The maximum absolute atomic E-state index is 4.57. The Kier molecular flexibility index (Phi) is 3.83. The zero-order valence-electron chi connectivity index (χ0n) is 12.3. The van der Waals surface area contributed by atoms with Crippen molar-refractivity contribution in [3.63, 3.8) is 0 Å². The third-order valence-corrected chi connectivity index (χ3v) is 3.30. The van der Waals surface area contributed by atoms with E-state index in [0.717, 1.165) is 41.8 Å². The molecule has 1 N–H and O–H groups in total. The van der Waals surface area contributed by atoms with Gasteiger partial charge in [-0.25, -0.2) is 14.6 Å². The Bertz CT molecular complexity index is 586. The monoisotopic (exact) mass is 259 g/mol. The van der Waals surface area contributed by atoms with E-state index >= 15 is 0 Å². The SMILES string of the molecule is CCNc1cc(-n2nc(C)c(C)c2C)nc(CC)n1. The molecule has 0 radical (unpaired) electrons. The van der Waals surface area contributed by atoms with Crippen LogP contribution in [0.15, 0.2) is 6.07 Å². The largest absolute Gasteiger partial charge is 0.370 e. The summed E-state index contributed by atoms with van der Waals surface area (Å²) < 4.78 is 1.90. The third kappa shape index (κ3) is 2.59. The van der Waals surface area contributed by atoms with Crippen molar-refractivity contribution >= 4 is 5.82 Å². The lowest BCUT2D eigenvalue weighted by atomic mass is 10.2. The van der Waals surface area contributed by atoms with Gasteiger partial charge in [-0.3, -0.25) is 0 Å². The van der Waals surface area contributed by atoms with Gasteiger partial charge in [-0.2, -0.15) is 5.10 Å². The van der Waals surface area contributed by atoms with Gasteiger partial charge < -0.3 is 5.32 Å². The van der Waals surface area contributed by atoms with Crippen LogP contribution < -0.4 is 5.32 Å². The van der Waals surface area contributed by atoms with E-state index in [-0.39, 0.29) is 0 Å². The van der Waals surface area contributed by atoms with E-state index in [1.807, 2.05) is 17.7 Å². The molecule has 0 saturated heterocycles. The molecule has 0 bridgehead atoms. The minimum atomic E-state index is 0.810. The van der Waals surface area contributed by atoms with Crippen LogP contribution in [0.4, 0.5) is 5.82 Å². The van der Waals surface area contributed by atoms with Crippen molar-refractivity contribution in [2.45, 2.75) is 41.0 Å². The van der Waals surface area contributed by atoms with Crippen LogP contribution in [0.25, 0.3) is 5.82 Å². The third-order valence-electron chi connectivity index (χ3n) is 3.30. The van der Waals surface area contributed by atoms with Gasteiger partial charge in [0.15, 0.2) is 5.82 Å². The van der Waals surface area contributed by atoms with E-state index in [0.29, 0.717) is 0 Å². The second-order valence-electron chi connectivity index (χ2n) is 4.62. The number of nitrogens with one attached hydrogen (secondary N) is 1. The fourth-order valence-electron chi connectivity index (χ4n) is 1.97. The van der Waals surface area contributed by atoms with Gasteiger partial charge in [0.1, 0.15) is 11.6 Å². The lowest BCUT2D eigenvalue weighted by molar-refractivity contribution is 0.783. The highest BCUT2D eigenvalue weighted by molar-refractivity contribution is 5.43. The van der Waals surface area contributed by atoms with Crippen molar-refractivity contribution in [3.05, 3.63) is 28.8 Å². The molecule has 0 aromatic carbocycles. The number of anilines is 1. The fourth-order valence-corrected chi connectivity index (χ4v) is 1.97. The molecule has 102 valence electrons. The standard InChI is InChI=1S/C14H21N5/c1-6-12-16-13(15-7-2)8-14(17-12)19-11(5)9(3)10(4)18-19/h8H,6-7H2,1-5H3,(H,15,16,17). The van der Waals surface area contributed by atoms with E-state index in [9.17, 15) is 0 Å². The van der Waals surface area contributed by atoms with Gasteiger partial charge in [-0.15, -0.1) is 0 Å². The van der Waals surface area contributed by atoms with E-state index in [4.69, 9.17) is 0 Å². The lowest BCUT2D eigenvalue weighted by Crippen LogP contribution is -2.09. The first-order valence-electron chi connectivity index (χ1n) is 6.71. The van der Waals surface area contributed by atoms with Crippen LogP contribution in [0.1, 0.15) is 36.6 Å². The van der Waals surface area contributed by atoms with Gasteiger partial charge in [-0.05, 0) is 33.3 Å². The van der Waals surface area contributed by atoms with Gasteiger partial charge in [0.05, 0.1) is 5.69 Å². The summed E-state index contributed by atoms with van der Waals surface area (Å²) in [5.74, 6) is 2.52. The summed E-state index contributed by atoms with van der Waals surface area (Å²) >= 11 is 0. The number of aryl methyl sites for hydroxylation is 2. The Hall–Kier alpha value is -1.91. The van der Waals surface area contributed by atoms with E-state index in [1.165, 1.54) is 5.56 Å². The maximum Gasteiger partial charge on any atom is 0.159 e. The van der Waals surface area contributed by atoms with Gasteiger partial charge in [0.25, 0.3) is 0 Å². The molecule has 0 amide bonds. The second-order valence-corrected chi connectivity index (χ2v) is 4.62. The minimum absolute atomic E-state index is 0.810. The van der Waals surface area contributed by atoms with Crippen LogP contribution in [0.3, 0.4) is 0 Å². The molecular weight excluding hydrogens is 238 g/mol. The highest BCUT2D eigenvalue weighted by Crippen LogP contribution is 2.17. The first kappa shape index (κ1) is 13.5. The normalized spacial score (nSPS) is 10.8. The molecule has 2 heterocycles. The summed E-state index contributed by atoms with van der Waals surface area (Å²) in [5.41, 5.74) is 3.38. The summed E-state index contributed by atoms with van der Waals surface area (Å²) in [6.07, 6.45) is 0.810. The van der Waals surface area contributed by atoms with Crippen molar-refractivity contribution in [1.29, 1.82) is 0 Å². The highest BCUT2D eigenvalue weighted by atomic mass is 15.3. The summed E-state index contributed by atoms with van der Waals surface area (Å²) in [6, 6.07) is 1.95. The van der Waals surface area contributed by atoms with E-state index in [1.54, 1.807) is 0 Å². The van der Waals surface area contributed by atoms with Gasteiger partial charge in [-0.1, -0.05) is 6.92 Å². The Morgan fingerprint density at radius 3 is 2.42 bits per heavy atom. The molecule has 2 aromatic rings. The summed E-state index contributed by atoms with van der Waals surface area (Å²) in [4.78, 5) is 9.03. The molecule has 0 unspecified atom stereocenters. The van der Waals surface area contributed by atoms with Gasteiger partial charge in [0, 0.05) is 24.7 Å². The summed E-state index contributed by atoms with van der Waals surface area (Å²) in [6.45, 7) is 11.1. The molecule has 0 aliphatic rings. The predicted molar refractivity (Wildman–Crippen MR) is 76.9 cm³/mol. The van der Waals surface area contributed by atoms with Crippen molar-refractivity contribution in [3.8, 4) is 5.82 Å². The Morgan fingerprint density at radius 2 is 1.89 bits per heavy atom. The maximum atomic E-state index is 4.57. The summed E-state index contributed by atoms with van der Waals surface area (Å²) in [5, 5.41) is 7.80. The molecule has 0 aliphatic heterocycles. The smallest absolute Gasteiger partial charge is 0.159 e. The first-order valence-corrected chi connectivity index (χ1v) is 6.71. The Morgan fingerprint density at radius 1 is 1.16 bits per heavy atom. The molecular formula is C14H21N5. The van der Waals surface area contributed by atoms with Crippen molar-refractivity contribution in [1.82, 2.24) is 19.7 Å².